The van der Waals surface area contributed by atoms with Crippen molar-refractivity contribution in [3.05, 3.63) is 82.4 Å². The summed E-state index contributed by atoms with van der Waals surface area (Å²) < 4.78 is 10.7. The van der Waals surface area contributed by atoms with Crippen molar-refractivity contribution >= 4 is 17.5 Å². The van der Waals surface area contributed by atoms with Crippen molar-refractivity contribution in [3.8, 4) is 11.5 Å². The summed E-state index contributed by atoms with van der Waals surface area (Å²) in [5.41, 5.74) is 0.870. The van der Waals surface area contributed by atoms with E-state index in [9.17, 15) is 14.9 Å². The summed E-state index contributed by atoms with van der Waals surface area (Å²) in [6.07, 6.45) is 4.60. The SMILES string of the molecule is C=CCOc1ccc(C=CC(=O)c2cccc([N+](=O)[O-])c2)cc1OC. The lowest BCUT2D eigenvalue weighted by molar-refractivity contribution is -0.384. The second kappa shape index (κ2) is 8.44. The van der Waals surface area contributed by atoms with Crippen LogP contribution in [0.3, 0.4) is 0 Å². The van der Waals surface area contributed by atoms with E-state index in [0.29, 0.717) is 18.1 Å². The number of rotatable bonds is 8. The van der Waals surface area contributed by atoms with E-state index in [4.69, 9.17) is 9.47 Å². The molecule has 0 N–H and O–H groups in total. The average molecular weight is 339 g/mol. The smallest absolute Gasteiger partial charge is 0.270 e. The van der Waals surface area contributed by atoms with E-state index < -0.39 is 4.92 Å². The Morgan fingerprint density at radius 3 is 2.72 bits per heavy atom. The fraction of sp³-hybridized carbons (Fsp3) is 0.105. The number of non-ortho nitro benzene ring substituents is 1. The van der Waals surface area contributed by atoms with Gasteiger partial charge in [-0.15, -0.1) is 0 Å². The van der Waals surface area contributed by atoms with E-state index in [1.807, 2.05) is 0 Å². The first-order chi connectivity index (χ1) is 12.0. The Labute approximate surface area is 145 Å². The Bertz CT molecular complexity index is 826. The molecule has 6 heteroatoms. The molecule has 6 nitrogen and oxygen atoms in total. The molecule has 2 aromatic carbocycles. The minimum absolute atomic E-state index is 0.121. The largest absolute Gasteiger partial charge is 0.493 e. The van der Waals surface area contributed by atoms with Gasteiger partial charge in [-0.25, -0.2) is 0 Å². The standard InChI is InChI=1S/C19H17NO5/c1-3-11-25-18-10-8-14(12-19(18)24-2)7-9-17(21)15-5-4-6-16(13-15)20(22)23/h3-10,12-13H,1,11H2,2H3. The van der Waals surface area contributed by atoms with Crippen LogP contribution in [0.4, 0.5) is 5.69 Å². The lowest BCUT2D eigenvalue weighted by Crippen LogP contribution is -1.97. The zero-order valence-corrected chi connectivity index (χ0v) is 13.7. The minimum atomic E-state index is -0.534. The summed E-state index contributed by atoms with van der Waals surface area (Å²) in [6.45, 7) is 3.94. The molecule has 2 aromatic rings. The predicted octanol–water partition coefficient (Wildman–Crippen LogP) is 4.06. The third-order valence-electron chi connectivity index (χ3n) is 3.31. The summed E-state index contributed by atoms with van der Waals surface area (Å²) in [5.74, 6) is 0.783. The molecule has 25 heavy (non-hydrogen) atoms. The highest BCUT2D eigenvalue weighted by Crippen LogP contribution is 2.28. The second-order valence-corrected chi connectivity index (χ2v) is 5.01. The fourth-order valence-corrected chi connectivity index (χ4v) is 2.10. The maximum atomic E-state index is 12.2. The van der Waals surface area contributed by atoms with Gasteiger partial charge in [0.25, 0.3) is 5.69 Å². The van der Waals surface area contributed by atoms with Crippen LogP contribution in [0.25, 0.3) is 6.08 Å². The van der Waals surface area contributed by atoms with Gasteiger partial charge in [0, 0.05) is 17.7 Å². The number of carbonyl (C=O) groups excluding carboxylic acids is 1. The normalized spacial score (nSPS) is 10.4. The Hall–Kier alpha value is -3.41. The summed E-state index contributed by atoms with van der Waals surface area (Å²) in [7, 11) is 1.53. The van der Waals surface area contributed by atoms with Crippen molar-refractivity contribution in [2.24, 2.45) is 0 Å². The summed E-state index contributed by atoms with van der Waals surface area (Å²) in [5, 5.41) is 10.8. The molecule has 0 atom stereocenters. The van der Waals surface area contributed by atoms with Crippen LogP contribution in [0.2, 0.25) is 0 Å². The van der Waals surface area contributed by atoms with E-state index >= 15 is 0 Å². The number of nitro benzene ring substituents is 1. The van der Waals surface area contributed by atoms with Gasteiger partial charge in [0.05, 0.1) is 12.0 Å². The highest BCUT2D eigenvalue weighted by molar-refractivity contribution is 6.07. The van der Waals surface area contributed by atoms with Crippen LogP contribution in [0.1, 0.15) is 15.9 Å². The average Bonchev–Trinajstić information content (AvgIpc) is 2.64. The van der Waals surface area contributed by atoms with E-state index in [0.717, 1.165) is 5.56 Å². The number of ketones is 1. The minimum Gasteiger partial charge on any atom is -0.493 e. The highest BCUT2D eigenvalue weighted by Gasteiger charge is 2.09. The highest BCUT2D eigenvalue weighted by atomic mass is 16.6. The Kier molecular flexibility index (Phi) is 6.06. The number of ether oxygens (including phenoxy) is 2. The van der Waals surface area contributed by atoms with E-state index in [2.05, 4.69) is 6.58 Å². The van der Waals surface area contributed by atoms with Crippen LogP contribution in [0, 0.1) is 10.1 Å². The zero-order chi connectivity index (χ0) is 18.2. The van der Waals surface area contributed by atoms with Gasteiger partial charge in [0.15, 0.2) is 17.3 Å². The molecule has 0 saturated carbocycles. The molecule has 0 aliphatic carbocycles. The van der Waals surface area contributed by atoms with Crippen molar-refractivity contribution < 1.29 is 19.2 Å². The first-order valence-electron chi connectivity index (χ1n) is 7.43. The molecule has 0 amide bonds. The number of hydrogen-bond donors (Lipinski definition) is 0. The van der Waals surface area contributed by atoms with Crippen molar-refractivity contribution in [2.45, 2.75) is 0 Å². The molecule has 0 fully saturated rings. The first-order valence-corrected chi connectivity index (χ1v) is 7.43. The lowest BCUT2D eigenvalue weighted by Gasteiger charge is -2.09. The van der Waals surface area contributed by atoms with Crippen LogP contribution in [-0.4, -0.2) is 24.4 Å². The van der Waals surface area contributed by atoms with Crippen LogP contribution in [-0.2, 0) is 0 Å². The third kappa shape index (κ3) is 4.78. The maximum absolute atomic E-state index is 12.2. The Morgan fingerprint density at radius 1 is 1.24 bits per heavy atom. The fourth-order valence-electron chi connectivity index (χ4n) is 2.10. The van der Waals surface area contributed by atoms with E-state index in [-0.39, 0.29) is 17.0 Å². The summed E-state index contributed by atoms with van der Waals surface area (Å²) in [6, 6.07) is 10.8. The molecule has 0 unspecified atom stereocenters. The molecule has 0 heterocycles. The molecular weight excluding hydrogens is 322 g/mol. The molecule has 0 aliphatic heterocycles. The van der Waals surface area contributed by atoms with E-state index in [1.54, 1.807) is 30.4 Å². The number of carbonyl (C=O) groups is 1. The lowest BCUT2D eigenvalue weighted by atomic mass is 10.1. The van der Waals surface area contributed by atoms with Crippen LogP contribution in [0.15, 0.2) is 61.2 Å². The number of nitrogens with zero attached hydrogens (tertiary/aromatic N) is 1. The van der Waals surface area contributed by atoms with Gasteiger partial charge in [-0.2, -0.15) is 0 Å². The first kappa shape index (κ1) is 17.9. The number of nitro groups is 1. The third-order valence-corrected chi connectivity index (χ3v) is 3.31. The van der Waals surface area contributed by atoms with Crippen molar-refractivity contribution in [1.82, 2.24) is 0 Å². The van der Waals surface area contributed by atoms with Gasteiger partial charge in [0.2, 0.25) is 0 Å². The van der Waals surface area contributed by atoms with Crippen molar-refractivity contribution in [1.29, 1.82) is 0 Å². The molecule has 0 spiro atoms. The zero-order valence-electron chi connectivity index (χ0n) is 13.7. The molecule has 128 valence electrons. The summed E-state index contributed by atoms with van der Waals surface area (Å²) in [4.78, 5) is 22.4. The maximum Gasteiger partial charge on any atom is 0.270 e. The number of allylic oxidation sites excluding steroid dienone is 1. The second-order valence-electron chi connectivity index (χ2n) is 5.01. The van der Waals surface area contributed by atoms with Crippen LogP contribution in [0.5, 0.6) is 11.5 Å². The van der Waals surface area contributed by atoms with Gasteiger partial charge in [-0.3, -0.25) is 14.9 Å². The number of methoxy groups -OCH3 is 1. The number of benzene rings is 2. The van der Waals surface area contributed by atoms with E-state index in [1.165, 1.54) is 37.5 Å². The molecule has 0 saturated heterocycles. The van der Waals surface area contributed by atoms with Gasteiger partial charge < -0.3 is 9.47 Å². The summed E-state index contributed by atoms with van der Waals surface area (Å²) >= 11 is 0. The molecule has 0 bridgehead atoms. The molecule has 2 rings (SSSR count). The quantitative estimate of drug-likeness (QED) is 0.238. The molecule has 0 aliphatic rings. The van der Waals surface area contributed by atoms with Crippen molar-refractivity contribution in [2.75, 3.05) is 13.7 Å². The molecule has 0 radical (unpaired) electrons. The van der Waals surface area contributed by atoms with Gasteiger partial charge in [-0.1, -0.05) is 36.9 Å². The Morgan fingerprint density at radius 2 is 2.04 bits per heavy atom. The Balaban J connectivity index is 2.18. The number of hydrogen-bond acceptors (Lipinski definition) is 5. The monoisotopic (exact) mass is 339 g/mol. The van der Waals surface area contributed by atoms with Crippen LogP contribution >= 0.6 is 0 Å². The van der Waals surface area contributed by atoms with Gasteiger partial charge in [0.1, 0.15) is 6.61 Å². The van der Waals surface area contributed by atoms with Gasteiger partial charge in [-0.05, 0) is 23.8 Å². The molecule has 0 aromatic heterocycles. The van der Waals surface area contributed by atoms with Gasteiger partial charge >= 0.3 is 0 Å². The molecular formula is C19H17NO5. The predicted molar refractivity (Wildman–Crippen MR) is 95.1 cm³/mol. The van der Waals surface area contributed by atoms with Crippen molar-refractivity contribution in [3.63, 3.8) is 0 Å². The van der Waals surface area contributed by atoms with Crippen LogP contribution < -0.4 is 9.47 Å². The topological polar surface area (TPSA) is 78.7 Å².